The van der Waals surface area contributed by atoms with Crippen LogP contribution in [0, 0.1) is 0 Å². The summed E-state index contributed by atoms with van der Waals surface area (Å²) >= 11 is 0. The SMILES string of the molecule is CCCOc1ncnc(NC(C)CC(N)=O)c1N. The third-order valence-corrected chi connectivity index (χ3v) is 2.18. The van der Waals surface area contributed by atoms with Crippen LogP contribution in [0.3, 0.4) is 0 Å². The number of primary amides is 1. The number of hydrogen-bond donors (Lipinski definition) is 3. The van der Waals surface area contributed by atoms with Crippen molar-refractivity contribution in [2.24, 2.45) is 5.73 Å². The number of aromatic nitrogens is 2. The van der Waals surface area contributed by atoms with E-state index in [0.29, 0.717) is 24.0 Å². The number of nitrogen functional groups attached to an aromatic ring is 1. The van der Waals surface area contributed by atoms with Gasteiger partial charge in [-0.15, -0.1) is 0 Å². The van der Waals surface area contributed by atoms with Gasteiger partial charge in [-0.2, -0.15) is 4.98 Å². The van der Waals surface area contributed by atoms with Crippen molar-refractivity contribution in [3.63, 3.8) is 0 Å². The van der Waals surface area contributed by atoms with E-state index in [2.05, 4.69) is 15.3 Å². The van der Waals surface area contributed by atoms with Crippen LogP contribution in [0.1, 0.15) is 26.7 Å². The number of carbonyl (C=O) groups excluding carboxylic acids is 1. The molecule has 18 heavy (non-hydrogen) atoms. The average Bonchev–Trinajstić information content (AvgIpc) is 2.29. The molecule has 0 saturated heterocycles. The molecule has 0 aliphatic carbocycles. The Hall–Kier alpha value is -2.05. The zero-order valence-corrected chi connectivity index (χ0v) is 10.6. The third-order valence-electron chi connectivity index (χ3n) is 2.18. The van der Waals surface area contributed by atoms with Crippen LogP contribution < -0.4 is 21.5 Å². The van der Waals surface area contributed by atoms with Crippen molar-refractivity contribution in [1.82, 2.24) is 9.97 Å². The molecule has 5 N–H and O–H groups in total. The number of rotatable bonds is 7. The fourth-order valence-electron chi connectivity index (χ4n) is 1.39. The van der Waals surface area contributed by atoms with E-state index in [4.69, 9.17) is 16.2 Å². The number of ether oxygens (including phenoxy) is 1. The molecule has 1 unspecified atom stereocenters. The Bertz CT molecular complexity index is 410. The molecular formula is C11H19N5O2. The molecule has 0 bridgehead atoms. The van der Waals surface area contributed by atoms with Crippen LogP contribution in [0.15, 0.2) is 6.33 Å². The van der Waals surface area contributed by atoms with Crippen LogP contribution in [0.5, 0.6) is 5.88 Å². The van der Waals surface area contributed by atoms with Crippen molar-refractivity contribution in [3.05, 3.63) is 6.33 Å². The monoisotopic (exact) mass is 253 g/mol. The molecule has 1 rings (SSSR count). The van der Waals surface area contributed by atoms with Crippen LogP contribution in [-0.2, 0) is 4.79 Å². The zero-order valence-electron chi connectivity index (χ0n) is 10.6. The van der Waals surface area contributed by atoms with Gasteiger partial charge in [-0.3, -0.25) is 4.79 Å². The van der Waals surface area contributed by atoms with Gasteiger partial charge in [0.15, 0.2) is 5.82 Å². The van der Waals surface area contributed by atoms with Gasteiger partial charge in [-0.1, -0.05) is 6.92 Å². The summed E-state index contributed by atoms with van der Waals surface area (Å²) in [6.45, 7) is 4.35. The van der Waals surface area contributed by atoms with Crippen LogP contribution in [0.2, 0.25) is 0 Å². The maximum Gasteiger partial charge on any atom is 0.242 e. The summed E-state index contributed by atoms with van der Waals surface area (Å²) in [6, 6.07) is -0.154. The van der Waals surface area contributed by atoms with E-state index in [0.717, 1.165) is 6.42 Å². The Morgan fingerprint density at radius 3 is 2.89 bits per heavy atom. The van der Waals surface area contributed by atoms with Gasteiger partial charge in [0.2, 0.25) is 11.8 Å². The third kappa shape index (κ3) is 4.08. The van der Waals surface area contributed by atoms with Crippen LogP contribution in [-0.4, -0.2) is 28.5 Å². The first kappa shape index (κ1) is 14.0. The van der Waals surface area contributed by atoms with Gasteiger partial charge in [-0.05, 0) is 13.3 Å². The van der Waals surface area contributed by atoms with Gasteiger partial charge in [-0.25, -0.2) is 4.98 Å². The van der Waals surface area contributed by atoms with Crippen LogP contribution >= 0.6 is 0 Å². The number of nitrogens with one attached hydrogen (secondary N) is 1. The van der Waals surface area contributed by atoms with Gasteiger partial charge in [0.05, 0.1) is 6.61 Å². The fraction of sp³-hybridized carbons (Fsp3) is 0.545. The Balaban J connectivity index is 2.73. The van der Waals surface area contributed by atoms with Crippen molar-refractivity contribution >= 4 is 17.4 Å². The Labute approximate surface area is 106 Å². The Kier molecular flexibility index (Phi) is 5.16. The van der Waals surface area contributed by atoms with Gasteiger partial charge in [0.1, 0.15) is 12.0 Å². The molecule has 0 aliphatic heterocycles. The lowest BCUT2D eigenvalue weighted by Crippen LogP contribution is -2.25. The molecule has 7 nitrogen and oxygen atoms in total. The normalized spacial score (nSPS) is 11.9. The molecule has 0 saturated carbocycles. The summed E-state index contributed by atoms with van der Waals surface area (Å²) < 4.78 is 5.38. The Morgan fingerprint density at radius 2 is 2.28 bits per heavy atom. The number of nitrogens with zero attached hydrogens (tertiary/aromatic N) is 2. The highest BCUT2D eigenvalue weighted by Crippen LogP contribution is 2.25. The van der Waals surface area contributed by atoms with E-state index in [1.165, 1.54) is 6.33 Å². The van der Waals surface area contributed by atoms with Gasteiger partial charge < -0.3 is 21.5 Å². The second kappa shape index (κ2) is 6.63. The molecule has 1 amide bonds. The number of amides is 1. The molecule has 1 aromatic heterocycles. The largest absolute Gasteiger partial charge is 0.476 e. The van der Waals surface area contributed by atoms with Gasteiger partial charge in [0, 0.05) is 12.5 Å². The molecule has 7 heteroatoms. The maximum absolute atomic E-state index is 10.8. The highest BCUT2D eigenvalue weighted by molar-refractivity contribution is 5.75. The predicted octanol–water partition coefficient (Wildman–Crippen LogP) is 0.523. The summed E-state index contributed by atoms with van der Waals surface area (Å²) in [5.74, 6) is 0.413. The van der Waals surface area contributed by atoms with E-state index >= 15 is 0 Å². The number of nitrogens with two attached hydrogens (primary N) is 2. The van der Waals surface area contributed by atoms with E-state index in [-0.39, 0.29) is 18.4 Å². The first-order chi connectivity index (χ1) is 8.54. The smallest absolute Gasteiger partial charge is 0.242 e. The quantitative estimate of drug-likeness (QED) is 0.652. The number of anilines is 2. The highest BCUT2D eigenvalue weighted by atomic mass is 16.5. The van der Waals surface area contributed by atoms with Crippen molar-refractivity contribution in [3.8, 4) is 5.88 Å². The van der Waals surface area contributed by atoms with Crippen LogP contribution in [0.25, 0.3) is 0 Å². The standard InChI is InChI=1S/C11H19N5O2/c1-3-4-18-11-9(13)10(14-6-15-11)16-7(2)5-8(12)17/h6-7H,3-5,13H2,1-2H3,(H2,12,17)(H,14,15,16). The Morgan fingerprint density at radius 1 is 1.56 bits per heavy atom. The van der Waals surface area contributed by atoms with E-state index in [9.17, 15) is 4.79 Å². The molecule has 0 radical (unpaired) electrons. The van der Waals surface area contributed by atoms with Crippen molar-refractivity contribution in [2.75, 3.05) is 17.7 Å². The molecule has 0 aromatic carbocycles. The maximum atomic E-state index is 10.8. The minimum atomic E-state index is -0.384. The summed E-state index contributed by atoms with van der Waals surface area (Å²) in [5, 5.41) is 3.00. The van der Waals surface area contributed by atoms with Crippen molar-refractivity contribution in [2.45, 2.75) is 32.7 Å². The number of carbonyl (C=O) groups is 1. The molecular weight excluding hydrogens is 234 g/mol. The molecule has 0 spiro atoms. The predicted molar refractivity (Wildman–Crippen MR) is 69.1 cm³/mol. The van der Waals surface area contributed by atoms with E-state index < -0.39 is 0 Å². The zero-order chi connectivity index (χ0) is 13.5. The molecule has 1 heterocycles. The summed E-state index contributed by atoms with van der Waals surface area (Å²) in [6.07, 6.45) is 2.43. The minimum Gasteiger partial charge on any atom is -0.476 e. The molecule has 1 atom stereocenters. The van der Waals surface area contributed by atoms with E-state index in [1.807, 2.05) is 13.8 Å². The molecule has 0 aliphatic rings. The molecule has 0 fully saturated rings. The second-order valence-corrected chi connectivity index (χ2v) is 4.01. The fourth-order valence-corrected chi connectivity index (χ4v) is 1.39. The second-order valence-electron chi connectivity index (χ2n) is 4.01. The van der Waals surface area contributed by atoms with Crippen molar-refractivity contribution in [1.29, 1.82) is 0 Å². The lowest BCUT2D eigenvalue weighted by atomic mass is 10.2. The van der Waals surface area contributed by atoms with Gasteiger partial charge >= 0.3 is 0 Å². The van der Waals surface area contributed by atoms with Crippen molar-refractivity contribution < 1.29 is 9.53 Å². The minimum absolute atomic E-state index is 0.154. The van der Waals surface area contributed by atoms with Crippen LogP contribution in [0.4, 0.5) is 11.5 Å². The lowest BCUT2D eigenvalue weighted by Gasteiger charge is -2.15. The summed E-state index contributed by atoms with van der Waals surface area (Å²) in [4.78, 5) is 18.8. The summed E-state index contributed by atoms with van der Waals surface area (Å²) in [5.41, 5.74) is 11.3. The average molecular weight is 253 g/mol. The molecule has 100 valence electrons. The van der Waals surface area contributed by atoms with E-state index in [1.54, 1.807) is 0 Å². The number of hydrogen-bond acceptors (Lipinski definition) is 6. The molecule has 1 aromatic rings. The highest BCUT2D eigenvalue weighted by Gasteiger charge is 2.12. The first-order valence-electron chi connectivity index (χ1n) is 5.82. The lowest BCUT2D eigenvalue weighted by molar-refractivity contribution is -0.118. The topological polar surface area (TPSA) is 116 Å². The van der Waals surface area contributed by atoms with Gasteiger partial charge in [0.25, 0.3) is 0 Å². The first-order valence-corrected chi connectivity index (χ1v) is 5.82. The summed E-state index contributed by atoms with van der Waals surface area (Å²) in [7, 11) is 0.